The van der Waals surface area contributed by atoms with E-state index in [2.05, 4.69) is 15.1 Å². The van der Waals surface area contributed by atoms with Crippen LogP contribution in [0.15, 0.2) is 18.2 Å². The standard InChI is InChI=1S/C20H28N4O5/c25-19(21-12-16-1-2-17-18(11-16)29-15-28-17)13-22-3-5-24(6-4-22)20(26)14-23-7-9-27-10-8-23/h1-2,11H,3-10,12-15H2,(H,21,25). The first kappa shape index (κ1) is 19.9. The molecule has 3 aliphatic heterocycles. The molecule has 0 unspecified atom stereocenters. The second-order valence-corrected chi connectivity index (χ2v) is 7.51. The van der Waals surface area contributed by atoms with Crippen molar-refractivity contribution < 1.29 is 23.8 Å². The lowest BCUT2D eigenvalue weighted by Gasteiger charge is -2.36. The number of piperazine rings is 1. The third-order valence-electron chi connectivity index (χ3n) is 5.48. The molecule has 0 radical (unpaired) electrons. The maximum atomic E-state index is 12.5. The van der Waals surface area contributed by atoms with E-state index in [1.165, 1.54) is 0 Å². The Morgan fingerprint density at radius 1 is 0.897 bits per heavy atom. The van der Waals surface area contributed by atoms with Crippen LogP contribution >= 0.6 is 0 Å². The zero-order chi connectivity index (χ0) is 20.1. The number of ether oxygens (including phenoxy) is 3. The first-order valence-electron chi connectivity index (χ1n) is 10.1. The SMILES string of the molecule is O=C(CN1CCN(C(=O)CN2CCOCC2)CC1)NCc1ccc2c(c1)OCO2. The van der Waals surface area contributed by atoms with Crippen LogP contribution in [0.5, 0.6) is 11.5 Å². The minimum atomic E-state index is -0.0178. The van der Waals surface area contributed by atoms with Gasteiger partial charge in [-0.15, -0.1) is 0 Å². The third-order valence-corrected chi connectivity index (χ3v) is 5.48. The summed E-state index contributed by atoms with van der Waals surface area (Å²) in [6, 6.07) is 5.67. The highest BCUT2D eigenvalue weighted by Gasteiger charge is 2.24. The number of nitrogens with one attached hydrogen (secondary N) is 1. The molecule has 0 atom stereocenters. The first-order valence-corrected chi connectivity index (χ1v) is 10.1. The largest absolute Gasteiger partial charge is 0.454 e. The van der Waals surface area contributed by atoms with Crippen molar-refractivity contribution in [2.75, 3.05) is 72.4 Å². The fourth-order valence-corrected chi connectivity index (χ4v) is 3.72. The van der Waals surface area contributed by atoms with Crippen molar-refractivity contribution in [2.45, 2.75) is 6.54 Å². The average Bonchev–Trinajstić information content (AvgIpc) is 3.21. The molecule has 0 aromatic heterocycles. The van der Waals surface area contributed by atoms with Crippen molar-refractivity contribution in [1.29, 1.82) is 0 Å². The Bertz CT molecular complexity index is 730. The van der Waals surface area contributed by atoms with Crippen LogP contribution in [-0.4, -0.2) is 98.9 Å². The average molecular weight is 404 g/mol. The predicted molar refractivity (Wildman–Crippen MR) is 105 cm³/mol. The third kappa shape index (κ3) is 5.37. The van der Waals surface area contributed by atoms with E-state index in [0.717, 1.165) is 30.2 Å². The smallest absolute Gasteiger partial charge is 0.236 e. The number of morpholine rings is 1. The zero-order valence-electron chi connectivity index (χ0n) is 16.6. The fourth-order valence-electron chi connectivity index (χ4n) is 3.72. The summed E-state index contributed by atoms with van der Waals surface area (Å²) in [4.78, 5) is 30.9. The van der Waals surface area contributed by atoms with Crippen molar-refractivity contribution in [3.05, 3.63) is 23.8 Å². The van der Waals surface area contributed by atoms with Crippen LogP contribution in [-0.2, 0) is 20.9 Å². The molecule has 1 N–H and O–H groups in total. The van der Waals surface area contributed by atoms with Crippen LogP contribution in [0.25, 0.3) is 0 Å². The van der Waals surface area contributed by atoms with Crippen molar-refractivity contribution in [3.8, 4) is 11.5 Å². The number of nitrogens with zero attached hydrogens (tertiary/aromatic N) is 3. The van der Waals surface area contributed by atoms with Crippen molar-refractivity contribution in [1.82, 2.24) is 20.0 Å². The lowest BCUT2D eigenvalue weighted by atomic mass is 10.2. The summed E-state index contributed by atoms with van der Waals surface area (Å²) in [7, 11) is 0. The highest BCUT2D eigenvalue weighted by molar-refractivity contribution is 5.79. The molecule has 1 aromatic rings. The molecule has 1 aromatic carbocycles. The minimum Gasteiger partial charge on any atom is -0.454 e. The van der Waals surface area contributed by atoms with E-state index < -0.39 is 0 Å². The Hall–Kier alpha value is -2.36. The second kappa shape index (κ2) is 9.43. The highest BCUT2D eigenvalue weighted by Crippen LogP contribution is 2.32. The van der Waals surface area contributed by atoms with Crippen LogP contribution in [0.4, 0.5) is 0 Å². The van der Waals surface area contributed by atoms with Gasteiger partial charge in [-0.2, -0.15) is 0 Å². The summed E-state index contributed by atoms with van der Waals surface area (Å²) < 4.78 is 16.0. The molecular formula is C20H28N4O5. The Kier molecular flexibility index (Phi) is 6.48. The van der Waals surface area contributed by atoms with Gasteiger partial charge >= 0.3 is 0 Å². The molecule has 0 saturated carbocycles. The molecule has 4 rings (SSSR count). The molecular weight excluding hydrogens is 376 g/mol. The number of amides is 2. The van der Waals surface area contributed by atoms with Crippen molar-refractivity contribution in [2.24, 2.45) is 0 Å². The molecule has 0 bridgehead atoms. The summed E-state index contributed by atoms with van der Waals surface area (Å²) >= 11 is 0. The lowest BCUT2D eigenvalue weighted by Crippen LogP contribution is -2.53. The number of fused-ring (bicyclic) bond motifs is 1. The van der Waals surface area contributed by atoms with Gasteiger partial charge in [-0.1, -0.05) is 6.07 Å². The molecule has 9 heteroatoms. The van der Waals surface area contributed by atoms with Gasteiger partial charge < -0.3 is 24.4 Å². The van der Waals surface area contributed by atoms with Gasteiger partial charge in [0.05, 0.1) is 26.3 Å². The number of rotatable bonds is 6. The maximum absolute atomic E-state index is 12.5. The van der Waals surface area contributed by atoms with E-state index in [1.807, 2.05) is 23.1 Å². The predicted octanol–water partition coefficient (Wildman–Crippen LogP) is -0.492. The highest BCUT2D eigenvalue weighted by atomic mass is 16.7. The van der Waals surface area contributed by atoms with Crippen LogP contribution < -0.4 is 14.8 Å². The molecule has 0 spiro atoms. The molecule has 2 fully saturated rings. The van der Waals surface area contributed by atoms with E-state index in [9.17, 15) is 9.59 Å². The monoisotopic (exact) mass is 404 g/mol. The quantitative estimate of drug-likeness (QED) is 0.685. The van der Waals surface area contributed by atoms with Crippen LogP contribution in [0, 0.1) is 0 Å². The summed E-state index contributed by atoms with van der Waals surface area (Å²) in [5, 5.41) is 2.95. The van der Waals surface area contributed by atoms with E-state index in [-0.39, 0.29) is 18.6 Å². The van der Waals surface area contributed by atoms with Gasteiger partial charge in [0.2, 0.25) is 18.6 Å². The Labute approximate surface area is 170 Å². The van der Waals surface area contributed by atoms with Crippen LogP contribution in [0.1, 0.15) is 5.56 Å². The number of carbonyl (C=O) groups excluding carboxylic acids is 2. The zero-order valence-corrected chi connectivity index (χ0v) is 16.6. The summed E-state index contributed by atoms with van der Waals surface area (Å²) in [5.41, 5.74) is 0.973. The summed E-state index contributed by atoms with van der Waals surface area (Å²) in [6.45, 7) is 7.28. The van der Waals surface area contributed by atoms with Gasteiger partial charge in [0.1, 0.15) is 0 Å². The molecule has 158 valence electrons. The number of carbonyl (C=O) groups is 2. The van der Waals surface area contributed by atoms with E-state index in [1.54, 1.807) is 0 Å². The lowest BCUT2D eigenvalue weighted by molar-refractivity contribution is -0.135. The molecule has 3 aliphatic rings. The van der Waals surface area contributed by atoms with Gasteiger partial charge in [0.25, 0.3) is 0 Å². The molecule has 2 saturated heterocycles. The van der Waals surface area contributed by atoms with Gasteiger partial charge in [-0.25, -0.2) is 0 Å². The van der Waals surface area contributed by atoms with Gasteiger partial charge in [0, 0.05) is 45.8 Å². The van der Waals surface area contributed by atoms with Crippen molar-refractivity contribution in [3.63, 3.8) is 0 Å². The normalized spacial score (nSPS) is 19.9. The van der Waals surface area contributed by atoms with E-state index >= 15 is 0 Å². The Morgan fingerprint density at radius 2 is 1.62 bits per heavy atom. The molecule has 3 heterocycles. The van der Waals surface area contributed by atoms with Crippen LogP contribution in [0.3, 0.4) is 0 Å². The number of benzene rings is 1. The maximum Gasteiger partial charge on any atom is 0.236 e. The Morgan fingerprint density at radius 3 is 2.41 bits per heavy atom. The Balaban J connectivity index is 1.15. The molecule has 2 amide bonds. The topological polar surface area (TPSA) is 83.6 Å². The molecule has 29 heavy (non-hydrogen) atoms. The second-order valence-electron chi connectivity index (χ2n) is 7.51. The van der Waals surface area contributed by atoms with Gasteiger partial charge in [0.15, 0.2) is 11.5 Å². The van der Waals surface area contributed by atoms with Crippen molar-refractivity contribution >= 4 is 11.8 Å². The van der Waals surface area contributed by atoms with Gasteiger partial charge in [-0.3, -0.25) is 19.4 Å². The summed E-state index contributed by atoms with van der Waals surface area (Å²) in [5.74, 6) is 1.60. The summed E-state index contributed by atoms with van der Waals surface area (Å²) in [6.07, 6.45) is 0. The minimum absolute atomic E-state index is 0.0178. The first-order chi connectivity index (χ1) is 14.2. The number of hydrogen-bond acceptors (Lipinski definition) is 7. The molecule has 9 nitrogen and oxygen atoms in total. The van der Waals surface area contributed by atoms with E-state index in [0.29, 0.717) is 59.0 Å². The van der Waals surface area contributed by atoms with E-state index in [4.69, 9.17) is 14.2 Å². The van der Waals surface area contributed by atoms with Gasteiger partial charge in [-0.05, 0) is 17.7 Å². The fraction of sp³-hybridized carbons (Fsp3) is 0.600. The molecule has 0 aliphatic carbocycles. The number of hydrogen-bond donors (Lipinski definition) is 1. The van der Waals surface area contributed by atoms with Crippen LogP contribution in [0.2, 0.25) is 0 Å².